The van der Waals surface area contributed by atoms with Gasteiger partial charge in [-0.3, -0.25) is 9.78 Å². The van der Waals surface area contributed by atoms with E-state index in [1.54, 1.807) is 6.20 Å². The Bertz CT molecular complexity index is 585. The highest BCUT2D eigenvalue weighted by Crippen LogP contribution is 2.36. The van der Waals surface area contributed by atoms with Crippen molar-refractivity contribution in [2.75, 3.05) is 7.11 Å². The van der Waals surface area contributed by atoms with Gasteiger partial charge in [-0.05, 0) is 25.7 Å². The van der Waals surface area contributed by atoms with Gasteiger partial charge in [0.1, 0.15) is 0 Å². The third-order valence-corrected chi connectivity index (χ3v) is 4.02. The van der Waals surface area contributed by atoms with Crippen molar-refractivity contribution in [1.29, 1.82) is 0 Å². The van der Waals surface area contributed by atoms with Gasteiger partial charge in [-0.25, -0.2) is 4.98 Å². The fraction of sp³-hybridized carbons (Fsp3) is 0.500. The highest BCUT2D eigenvalue weighted by atomic mass is 16.5. The van der Waals surface area contributed by atoms with E-state index in [0.717, 1.165) is 36.9 Å². The topological polar surface area (TPSA) is 56.5 Å². The van der Waals surface area contributed by atoms with Crippen LogP contribution >= 0.6 is 0 Å². The average molecular weight is 259 g/mol. The normalized spacial score (nSPS) is 23.4. The van der Waals surface area contributed by atoms with Crippen LogP contribution in [-0.4, -0.2) is 27.4 Å². The van der Waals surface area contributed by atoms with Crippen LogP contribution in [0.4, 0.5) is 0 Å². The molecule has 0 atom stereocenters. The molecule has 19 heavy (non-hydrogen) atoms. The molecule has 1 aliphatic carbocycles. The Balaban J connectivity index is 1.77. The summed E-state index contributed by atoms with van der Waals surface area (Å²) < 4.78 is 6.81. The molecule has 5 heteroatoms. The molecule has 0 N–H and O–H groups in total. The molecule has 0 radical (unpaired) electrons. The van der Waals surface area contributed by atoms with Gasteiger partial charge >= 0.3 is 5.97 Å². The minimum atomic E-state index is -0.0742. The van der Waals surface area contributed by atoms with Crippen molar-refractivity contribution < 1.29 is 9.53 Å². The highest BCUT2D eigenvalue weighted by molar-refractivity contribution is 5.72. The molecule has 0 aromatic carbocycles. The number of esters is 1. The van der Waals surface area contributed by atoms with E-state index in [-0.39, 0.29) is 11.9 Å². The van der Waals surface area contributed by atoms with Crippen LogP contribution in [0.15, 0.2) is 24.9 Å². The number of carbonyl (C=O) groups is 1. The van der Waals surface area contributed by atoms with Crippen molar-refractivity contribution in [3.63, 3.8) is 0 Å². The van der Waals surface area contributed by atoms with Crippen LogP contribution in [0.5, 0.6) is 0 Å². The van der Waals surface area contributed by atoms with Gasteiger partial charge in [0.05, 0.1) is 36.8 Å². The molecular formula is C14H17N3O2. The molecule has 0 bridgehead atoms. The number of imidazole rings is 1. The fourth-order valence-corrected chi connectivity index (χ4v) is 2.94. The molecule has 1 aliphatic rings. The third kappa shape index (κ3) is 2.20. The molecule has 5 nitrogen and oxygen atoms in total. The molecule has 1 fully saturated rings. The zero-order chi connectivity index (χ0) is 13.2. The van der Waals surface area contributed by atoms with Crippen molar-refractivity contribution in [2.24, 2.45) is 5.92 Å². The minimum Gasteiger partial charge on any atom is -0.469 e. The summed E-state index contributed by atoms with van der Waals surface area (Å²) >= 11 is 0. The minimum absolute atomic E-state index is 0.0632. The van der Waals surface area contributed by atoms with E-state index < -0.39 is 0 Å². The molecule has 2 aromatic heterocycles. The standard InChI is InChI=1S/C14H17N3O2/c1-19-14(18)11-4-2-10(3-5-11)13-12-8-15-6-7-17(12)9-16-13/h6-11H,2-5H2,1H3. The zero-order valence-electron chi connectivity index (χ0n) is 11.0. The van der Waals surface area contributed by atoms with Crippen LogP contribution in [0, 0.1) is 5.92 Å². The van der Waals surface area contributed by atoms with Crippen molar-refractivity contribution in [3.8, 4) is 0 Å². The monoisotopic (exact) mass is 259 g/mol. The number of ether oxygens (including phenoxy) is 1. The van der Waals surface area contributed by atoms with Crippen LogP contribution in [0.2, 0.25) is 0 Å². The first-order valence-electron chi connectivity index (χ1n) is 6.64. The summed E-state index contributed by atoms with van der Waals surface area (Å²) in [6, 6.07) is 0. The van der Waals surface area contributed by atoms with E-state index in [9.17, 15) is 4.79 Å². The van der Waals surface area contributed by atoms with Crippen molar-refractivity contribution >= 4 is 11.5 Å². The number of methoxy groups -OCH3 is 1. The smallest absolute Gasteiger partial charge is 0.308 e. The Morgan fingerprint density at radius 2 is 2.16 bits per heavy atom. The average Bonchev–Trinajstić information content (AvgIpc) is 2.90. The summed E-state index contributed by atoms with van der Waals surface area (Å²) in [5.41, 5.74) is 2.18. The lowest BCUT2D eigenvalue weighted by molar-refractivity contribution is -0.146. The van der Waals surface area contributed by atoms with Crippen molar-refractivity contribution in [1.82, 2.24) is 14.4 Å². The molecule has 3 rings (SSSR count). The first-order chi connectivity index (χ1) is 9.29. The maximum absolute atomic E-state index is 11.5. The van der Waals surface area contributed by atoms with E-state index in [4.69, 9.17) is 4.74 Å². The molecule has 0 saturated heterocycles. The van der Waals surface area contributed by atoms with Gasteiger partial charge in [-0.2, -0.15) is 0 Å². The number of carbonyl (C=O) groups excluding carboxylic acids is 1. The summed E-state index contributed by atoms with van der Waals surface area (Å²) in [5.74, 6) is 0.415. The second kappa shape index (κ2) is 4.99. The van der Waals surface area contributed by atoms with Crippen molar-refractivity contribution in [3.05, 3.63) is 30.6 Å². The van der Waals surface area contributed by atoms with E-state index in [0.29, 0.717) is 5.92 Å². The number of aromatic nitrogens is 3. The molecular weight excluding hydrogens is 242 g/mol. The lowest BCUT2D eigenvalue weighted by Gasteiger charge is -2.25. The molecule has 2 heterocycles. The Labute approximate surface area is 111 Å². The summed E-state index contributed by atoms with van der Waals surface area (Å²) in [5, 5.41) is 0. The largest absolute Gasteiger partial charge is 0.469 e. The summed E-state index contributed by atoms with van der Waals surface area (Å²) in [6.07, 6.45) is 11.1. The van der Waals surface area contributed by atoms with E-state index in [2.05, 4.69) is 9.97 Å². The molecule has 100 valence electrons. The maximum atomic E-state index is 11.5. The number of nitrogens with zero attached hydrogens (tertiary/aromatic N) is 3. The molecule has 2 aromatic rings. The molecule has 0 spiro atoms. The summed E-state index contributed by atoms with van der Waals surface area (Å²) in [6.45, 7) is 0. The quantitative estimate of drug-likeness (QED) is 0.776. The Hall–Kier alpha value is -1.91. The van der Waals surface area contributed by atoms with E-state index in [1.807, 2.05) is 23.1 Å². The van der Waals surface area contributed by atoms with Gasteiger partial charge in [0.25, 0.3) is 0 Å². The molecule has 1 saturated carbocycles. The Kier molecular flexibility index (Phi) is 3.19. The van der Waals surface area contributed by atoms with Gasteiger partial charge < -0.3 is 9.14 Å². The number of fused-ring (bicyclic) bond motifs is 1. The Morgan fingerprint density at radius 3 is 2.89 bits per heavy atom. The second-order valence-corrected chi connectivity index (χ2v) is 5.07. The lowest BCUT2D eigenvalue weighted by atomic mass is 9.80. The fourth-order valence-electron chi connectivity index (χ4n) is 2.94. The van der Waals surface area contributed by atoms with Crippen LogP contribution in [0.1, 0.15) is 37.3 Å². The first kappa shape index (κ1) is 12.1. The van der Waals surface area contributed by atoms with Crippen LogP contribution in [-0.2, 0) is 9.53 Å². The molecule has 0 unspecified atom stereocenters. The van der Waals surface area contributed by atoms with Crippen LogP contribution < -0.4 is 0 Å². The SMILES string of the molecule is COC(=O)C1CCC(c2ncn3ccncc23)CC1. The van der Waals surface area contributed by atoms with Gasteiger partial charge in [-0.1, -0.05) is 0 Å². The van der Waals surface area contributed by atoms with Crippen molar-refractivity contribution in [2.45, 2.75) is 31.6 Å². The number of hydrogen-bond acceptors (Lipinski definition) is 4. The van der Waals surface area contributed by atoms with Gasteiger partial charge in [0.2, 0.25) is 0 Å². The highest BCUT2D eigenvalue weighted by Gasteiger charge is 2.29. The zero-order valence-corrected chi connectivity index (χ0v) is 11.0. The molecule has 0 amide bonds. The van der Waals surface area contributed by atoms with Gasteiger partial charge in [0, 0.05) is 18.3 Å². The number of hydrogen-bond donors (Lipinski definition) is 0. The van der Waals surface area contributed by atoms with Crippen LogP contribution in [0.3, 0.4) is 0 Å². The Morgan fingerprint density at radius 1 is 1.37 bits per heavy atom. The molecule has 0 aliphatic heterocycles. The number of rotatable bonds is 2. The van der Waals surface area contributed by atoms with E-state index >= 15 is 0 Å². The second-order valence-electron chi connectivity index (χ2n) is 5.07. The predicted molar refractivity (Wildman–Crippen MR) is 69.7 cm³/mol. The van der Waals surface area contributed by atoms with E-state index in [1.165, 1.54) is 7.11 Å². The lowest BCUT2D eigenvalue weighted by Crippen LogP contribution is -2.22. The van der Waals surface area contributed by atoms with Gasteiger partial charge in [0.15, 0.2) is 0 Å². The maximum Gasteiger partial charge on any atom is 0.308 e. The van der Waals surface area contributed by atoms with Gasteiger partial charge in [-0.15, -0.1) is 0 Å². The summed E-state index contributed by atoms with van der Waals surface area (Å²) in [7, 11) is 1.46. The predicted octanol–water partition coefficient (Wildman–Crippen LogP) is 2.18. The summed E-state index contributed by atoms with van der Waals surface area (Å²) in [4.78, 5) is 20.2. The third-order valence-electron chi connectivity index (χ3n) is 4.02. The van der Waals surface area contributed by atoms with Crippen LogP contribution in [0.25, 0.3) is 5.52 Å². The first-order valence-corrected chi connectivity index (χ1v) is 6.64.